The second-order valence-electron chi connectivity index (χ2n) is 5.19. The Hall–Kier alpha value is -2.34. The summed E-state index contributed by atoms with van der Waals surface area (Å²) < 4.78 is 4.79. The maximum atomic E-state index is 11.9. The predicted octanol–water partition coefficient (Wildman–Crippen LogP) is 0.538. The number of carboxylic acid groups (broad SMARTS) is 2. The van der Waals surface area contributed by atoms with Gasteiger partial charge in [-0.15, -0.1) is 0 Å². The first kappa shape index (κ1) is 21.7. The van der Waals surface area contributed by atoms with Gasteiger partial charge < -0.3 is 25.5 Å². The average Bonchev–Trinajstić information content (AvgIpc) is 2.58. The van der Waals surface area contributed by atoms with E-state index in [-0.39, 0.29) is 17.7 Å². The molecule has 144 valence electrons. The summed E-state index contributed by atoms with van der Waals surface area (Å²) in [6.07, 6.45) is -0.608. The summed E-state index contributed by atoms with van der Waals surface area (Å²) >= 11 is 1.52. The van der Waals surface area contributed by atoms with E-state index in [1.54, 1.807) is 0 Å². The van der Waals surface area contributed by atoms with E-state index in [0.29, 0.717) is 12.2 Å². The van der Waals surface area contributed by atoms with Gasteiger partial charge in [0.2, 0.25) is 6.10 Å². The zero-order valence-corrected chi connectivity index (χ0v) is 14.7. The molecule has 0 aromatic heterocycles. The number of ether oxygens (including phenoxy) is 1. The molecular formula is C15H20N2O8S. The first-order valence-electron chi connectivity index (χ1n) is 7.51. The van der Waals surface area contributed by atoms with E-state index in [0.717, 1.165) is 0 Å². The van der Waals surface area contributed by atoms with Gasteiger partial charge in [0.05, 0.1) is 5.56 Å². The maximum absolute atomic E-state index is 11.9. The van der Waals surface area contributed by atoms with Crippen LogP contribution in [0.5, 0.6) is 0 Å². The second kappa shape index (κ2) is 10.6. The molecule has 26 heavy (non-hydrogen) atoms. The number of rotatable bonds is 10. The number of alkyl carbamates (subject to hydrolysis) is 1. The van der Waals surface area contributed by atoms with Crippen molar-refractivity contribution >= 4 is 35.5 Å². The molecular weight excluding hydrogens is 368 g/mol. The lowest BCUT2D eigenvalue weighted by Gasteiger charge is -2.21. The molecule has 1 aromatic carbocycles. The topological polar surface area (TPSA) is 161 Å². The fourth-order valence-electron chi connectivity index (χ4n) is 2.14. The van der Waals surface area contributed by atoms with Crippen LogP contribution in [0, 0.1) is 5.21 Å². The Morgan fingerprint density at radius 3 is 2.46 bits per heavy atom. The third-order valence-corrected chi connectivity index (χ3v) is 4.05. The molecule has 0 aliphatic carbocycles. The smallest absolute Gasteiger partial charge is 0.409 e. The Balaban J connectivity index is 2.89. The van der Waals surface area contributed by atoms with E-state index in [2.05, 4.69) is 5.32 Å². The molecule has 5 N–H and O–H groups in total. The van der Waals surface area contributed by atoms with Gasteiger partial charge in [0.1, 0.15) is 6.04 Å². The monoisotopic (exact) mass is 388 g/mol. The van der Waals surface area contributed by atoms with Crippen molar-refractivity contribution in [3.8, 4) is 0 Å². The lowest BCUT2D eigenvalue weighted by atomic mass is 10.1. The van der Waals surface area contributed by atoms with Gasteiger partial charge in [-0.2, -0.15) is 17.0 Å². The number of carbonyl (C=O) groups is 3. The summed E-state index contributed by atoms with van der Waals surface area (Å²) in [5.41, 5.74) is -0.556. The molecule has 1 amide bonds. The van der Waals surface area contributed by atoms with Gasteiger partial charge in [-0.25, -0.2) is 19.6 Å². The third kappa shape index (κ3) is 6.52. The molecule has 2 unspecified atom stereocenters. The molecule has 1 rings (SSSR count). The number of carbonyl (C=O) groups excluding carboxylic acids is 1. The Kier molecular flexibility index (Phi) is 8.85. The largest absolute Gasteiger partial charge is 0.595 e. The summed E-state index contributed by atoms with van der Waals surface area (Å²) in [4.78, 5) is 34.6. The van der Waals surface area contributed by atoms with Crippen LogP contribution in [0.25, 0.3) is 0 Å². The van der Waals surface area contributed by atoms with Crippen LogP contribution in [0.15, 0.2) is 24.3 Å². The third-order valence-electron chi connectivity index (χ3n) is 3.35. The van der Waals surface area contributed by atoms with E-state index < -0.39 is 35.4 Å². The first-order valence-corrected chi connectivity index (χ1v) is 8.91. The summed E-state index contributed by atoms with van der Waals surface area (Å²) in [7, 11) is 0. The number of para-hydroxylation sites is 1. The van der Waals surface area contributed by atoms with Gasteiger partial charge in [-0.1, -0.05) is 12.1 Å². The van der Waals surface area contributed by atoms with Crippen molar-refractivity contribution in [2.24, 2.45) is 0 Å². The normalized spacial score (nSPS) is 14.1. The fraction of sp³-hybridized carbons (Fsp3) is 0.400. The van der Waals surface area contributed by atoms with Crippen LogP contribution >= 0.6 is 11.8 Å². The molecule has 0 aliphatic heterocycles. The number of amides is 1. The fourth-order valence-corrected chi connectivity index (χ4v) is 2.60. The van der Waals surface area contributed by atoms with Gasteiger partial charge in [-0.3, -0.25) is 0 Å². The summed E-state index contributed by atoms with van der Waals surface area (Å²) in [6.45, 7) is 0. The van der Waals surface area contributed by atoms with E-state index >= 15 is 0 Å². The Morgan fingerprint density at radius 2 is 1.92 bits per heavy atom. The average molecular weight is 388 g/mol. The molecule has 3 atom stereocenters. The molecule has 0 saturated heterocycles. The van der Waals surface area contributed by atoms with Crippen LogP contribution in [0.1, 0.15) is 24.5 Å². The lowest BCUT2D eigenvalue weighted by Crippen LogP contribution is -2.99. The number of hydrogen-bond donors (Lipinski definition) is 5. The van der Waals surface area contributed by atoms with Crippen LogP contribution in [-0.4, -0.2) is 51.5 Å². The molecule has 0 spiro atoms. The van der Waals surface area contributed by atoms with Crippen molar-refractivity contribution in [2.45, 2.75) is 25.0 Å². The van der Waals surface area contributed by atoms with E-state index in [9.17, 15) is 24.7 Å². The van der Waals surface area contributed by atoms with Crippen LogP contribution in [-0.2, 0) is 14.3 Å². The van der Waals surface area contributed by atoms with Gasteiger partial charge >= 0.3 is 18.0 Å². The number of quaternary nitrogens is 1. The zero-order valence-electron chi connectivity index (χ0n) is 13.9. The quantitative estimate of drug-likeness (QED) is 0.284. The second-order valence-corrected chi connectivity index (χ2v) is 6.17. The van der Waals surface area contributed by atoms with Crippen LogP contribution in [0.2, 0.25) is 0 Å². The van der Waals surface area contributed by atoms with Gasteiger partial charge in [0, 0.05) is 6.07 Å². The number of carboxylic acids is 2. The maximum Gasteiger partial charge on any atom is 0.409 e. The van der Waals surface area contributed by atoms with Crippen molar-refractivity contribution < 1.29 is 39.8 Å². The number of thioether (sulfide) groups is 1. The van der Waals surface area contributed by atoms with Gasteiger partial charge in [0.15, 0.2) is 5.69 Å². The molecule has 10 nitrogen and oxygen atoms in total. The Labute approximate surface area is 153 Å². The number of nitrogens with one attached hydrogen (secondary N) is 2. The molecule has 11 heteroatoms. The van der Waals surface area contributed by atoms with Crippen LogP contribution in [0.4, 0.5) is 10.5 Å². The Bertz CT molecular complexity index is 640. The number of aliphatic carboxylic acids is 2. The predicted molar refractivity (Wildman–Crippen MR) is 91.3 cm³/mol. The van der Waals surface area contributed by atoms with Crippen molar-refractivity contribution in [1.82, 2.24) is 5.32 Å². The first-order chi connectivity index (χ1) is 12.3. The Morgan fingerprint density at radius 1 is 1.27 bits per heavy atom. The minimum Gasteiger partial charge on any atom is -0.595 e. The van der Waals surface area contributed by atoms with Crippen LogP contribution < -0.4 is 10.5 Å². The van der Waals surface area contributed by atoms with Crippen molar-refractivity contribution in [3.63, 3.8) is 0 Å². The number of hydrogen-bond acceptors (Lipinski definition) is 7. The highest BCUT2D eigenvalue weighted by molar-refractivity contribution is 7.98. The standard InChI is InChI=1S/C15H20N2O8S/c1-26-8-4-6-10(13(18)19)16-15(22)25-12(14(20)21)9-5-2-3-7-11(9)17(23)24/h2-3,5,7,10,12,17,23H,4,6,8H2,1H3,(H,16,22)(H,18,19)(H,20,21)/t10-,12?/m0/s1. The van der Waals surface area contributed by atoms with Crippen molar-refractivity contribution in [3.05, 3.63) is 35.0 Å². The minimum atomic E-state index is -1.89. The zero-order chi connectivity index (χ0) is 19.7. The van der Waals surface area contributed by atoms with E-state index in [1.807, 2.05) is 6.26 Å². The highest BCUT2D eigenvalue weighted by Crippen LogP contribution is 2.23. The van der Waals surface area contributed by atoms with Gasteiger partial charge in [0.25, 0.3) is 0 Å². The van der Waals surface area contributed by atoms with Gasteiger partial charge in [-0.05, 0) is 30.9 Å². The summed E-state index contributed by atoms with van der Waals surface area (Å²) in [6, 6.07) is 3.96. The van der Waals surface area contributed by atoms with Crippen LogP contribution in [0.3, 0.4) is 0 Å². The lowest BCUT2D eigenvalue weighted by molar-refractivity contribution is -0.991. The summed E-state index contributed by atoms with van der Waals surface area (Å²) in [5.74, 6) is -2.16. The SMILES string of the molecule is CSCCC[C@H](NC(=O)OC(C(=O)O)c1ccccc1[NH+]([O-])O)C(=O)O. The minimum absolute atomic E-state index is 0.148. The van der Waals surface area contributed by atoms with Crippen molar-refractivity contribution in [2.75, 3.05) is 12.0 Å². The molecule has 0 bridgehead atoms. The molecule has 0 aliphatic rings. The van der Waals surface area contributed by atoms with E-state index in [4.69, 9.17) is 15.1 Å². The number of benzene rings is 1. The summed E-state index contributed by atoms with van der Waals surface area (Å²) in [5, 5.41) is 39.5. The molecule has 1 aromatic rings. The van der Waals surface area contributed by atoms with E-state index in [1.165, 1.54) is 36.0 Å². The molecule has 0 heterocycles. The molecule has 0 fully saturated rings. The highest BCUT2D eigenvalue weighted by Gasteiger charge is 2.31. The molecule has 0 saturated carbocycles. The highest BCUT2D eigenvalue weighted by atomic mass is 32.2. The van der Waals surface area contributed by atoms with Crippen molar-refractivity contribution in [1.29, 1.82) is 0 Å². The molecule has 0 radical (unpaired) electrons.